The van der Waals surface area contributed by atoms with E-state index in [1.54, 1.807) is 0 Å². The largest absolute Gasteiger partial charge is 0.484 e. The van der Waals surface area contributed by atoms with Crippen LogP contribution in [0.1, 0.15) is 25.8 Å². The van der Waals surface area contributed by atoms with Crippen LogP contribution in [0.25, 0.3) is 0 Å². The molecular formula is C19H28N2O6. The first kappa shape index (κ1) is 22.4. The van der Waals surface area contributed by atoms with Gasteiger partial charge >= 0.3 is 11.9 Å². The normalized spacial score (nSPS) is 15.3. The van der Waals surface area contributed by atoms with Crippen LogP contribution in [0.5, 0.6) is 5.75 Å². The number of carbonyl (C=O) groups is 3. The van der Waals surface area contributed by atoms with Gasteiger partial charge in [0.1, 0.15) is 5.75 Å². The van der Waals surface area contributed by atoms with Crippen molar-refractivity contribution in [2.45, 2.75) is 33.2 Å². The molecule has 1 amide bonds. The monoisotopic (exact) mass is 380 g/mol. The van der Waals surface area contributed by atoms with E-state index in [1.165, 1.54) is 0 Å². The molecule has 2 N–H and O–H groups in total. The Morgan fingerprint density at radius 2 is 1.70 bits per heavy atom. The SMILES string of the molecule is CCC(C)N1CCN(C(=O)COc2cccc(C)c2)CC1.O=C(O)C(=O)O. The minimum atomic E-state index is -1.82. The van der Waals surface area contributed by atoms with Gasteiger partial charge in [0.25, 0.3) is 5.91 Å². The smallest absolute Gasteiger partial charge is 0.414 e. The molecule has 0 aromatic heterocycles. The molecule has 8 nitrogen and oxygen atoms in total. The first-order valence-corrected chi connectivity index (χ1v) is 8.92. The lowest BCUT2D eigenvalue weighted by atomic mass is 10.2. The average Bonchev–Trinajstić information content (AvgIpc) is 2.66. The number of hydrogen-bond donors (Lipinski definition) is 2. The van der Waals surface area contributed by atoms with Gasteiger partial charge in [-0.1, -0.05) is 19.1 Å². The van der Waals surface area contributed by atoms with Crippen LogP contribution in [0.15, 0.2) is 24.3 Å². The number of ether oxygens (including phenoxy) is 1. The van der Waals surface area contributed by atoms with Crippen LogP contribution in [-0.2, 0) is 14.4 Å². The summed E-state index contributed by atoms with van der Waals surface area (Å²) in [6, 6.07) is 8.41. The molecule has 8 heteroatoms. The molecule has 1 heterocycles. The maximum absolute atomic E-state index is 12.2. The van der Waals surface area contributed by atoms with Crippen molar-refractivity contribution in [2.24, 2.45) is 0 Å². The molecule has 150 valence electrons. The molecule has 0 aliphatic carbocycles. The van der Waals surface area contributed by atoms with Gasteiger partial charge in [0.2, 0.25) is 0 Å². The summed E-state index contributed by atoms with van der Waals surface area (Å²) < 4.78 is 5.59. The van der Waals surface area contributed by atoms with Gasteiger partial charge in [-0.3, -0.25) is 9.69 Å². The highest BCUT2D eigenvalue weighted by molar-refractivity contribution is 6.27. The number of carbonyl (C=O) groups excluding carboxylic acids is 1. The van der Waals surface area contributed by atoms with E-state index >= 15 is 0 Å². The lowest BCUT2D eigenvalue weighted by molar-refractivity contribution is -0.159. The van der Waals surface area contributed by atoms with Gasteiger partial charge in [-0.25, -0.2) is 9.59 Å². The summed E-state index contributed by atoms with van der Waals surface area (Å²) >= 11 is 0. The molecule has 1 aliphatic heterocycles. The van der Waals surface area contributed by atoms with Crippen LogP contribution < -0.4 is 4.74 Å². The lowest BCUT2D eigenvalue weighted by Gasteiger charge is -2.37. The number of carboxylic acids is 2. The predicted octanol–water partition coefficient (Wildman–Crippen LogP) is 1.47. The van der Waals surface area contributed by atoms with E-state index in [-0.39, 0.29) is 12.5 Å². The summed E-state index contributed by atoms with van der Waals surface area (Å²) in [6.45, 7) is 10.1. The standard InChI is InChI=1S/C17H26N2O2.C2H2O4/c1-4-15(3)18-8-10-19(11-9-18)17(20)13-21-16-7-5-6-14(2)12-16;3-1(4)2(5)6/h5-7,12,15H,4,8-11,13H2,1-3H3;(H,3,4)(H,5,6). The second-order valence-electron chi connectivity index (χ2n) is 6.39. The Kier molecular flexibility index (Phi) is 9.29. The number of amides is 1. The van der Waals surface area contributed by atoms with Crippen molar-refractivity contribution in [2.75, 3.05) is 32.8 Å². The molecule has 1 saturated heterocycles. The molecule has 1 fully saturated rings. The van der Waals surface area contributed by atoms with E-state index in [1.807, 2.05) is 36.1 Å². The lowest BCUT2D eigenvalue weighted by Crippen LogP contribution is -2.52. The fourth-order valence-electron chi connectivity index (χ4n) is 2.61. The summed E-state index contributed by atoms with van der Waals surface area (Å²) in [5.41, 5.74) is 1.14. The first-order chi connectivity index (χ1) is 12.7. The summed E-state index contributed by atoms with van der Waals surface area (Å²) in [5, 5.41) is 14.8. The molecule has 1 unspecified atom stereocenters. The molecule has 2 rings (SSSR count). The highest BCUT2D eigenvalue weighted by Gasteiger charge is 2.23. The van der Waals surface area contributed by atoms with Crippen LogP contribution >= 0.6 is 0 Å². The zero-order valence-corrected chi connectivity index (χ0v) is 16.1. The Labute approximate surface area is 159 Å². The Morgan fingerprint density at radius 1 is 1.11 bits per heavy atom. The van der Waals surface area contributed by atoms with E-state index in [4.69, 9.17) is 24.5 Å². The van der Waals surface area contributed by atoms with Crippen LogP contribution in [0.4, 0.5) is 0 Å². The zero-order valence-electron chi connectivity index (χ0n) is 16.1. The summed E-state index contributed by atoms with van der Waals surface area (Å²) in [6.07, 6.45) is 1.16. The summed E-state index contributed by atoms with van der Waals surface area (Å²) in [4.78, 5) is 34.7. The number of benzene rings is 1. The van der Waals surface area contributed by atoms with Crippen molar-refractivity contribution >= 4 is 17.8 Å². The molecule has 1 aromatic carbocycles. The number of carboxylic acid groups (broad SMARTS) is 2. The third-order valence-corrected chi connectivity index (χ3v) is 4.42. The molecule has 1 atom stereocenters. The first-order valence-electron chi connectivity index (χ1n) is 8.92. The van der Waals surface area contributed by atoms with Gasteiger partial charge in [0.05, 0.1) is 0 Å². The molecule has 0 bridgehead atoms. The van der Waals surface area contributed by atoms with Crippen molar-refractivity contribution in [3.8, 4) is 5.75 Å². The number of aliphatic carboxylic acids is 2. The molecule has 0 saturated carbocycles. The van der Waals surface area contributed by atoms with Gasteiger partial charge < -0.3 is 19.8 Å². The van der Waals surface area contributed by atoms with Crippen LogP contribution in [0, 0.1) is 6.92 Å². The van der Waals surface area contributed by atoms with Crippen molar-refractivity contribution in [1.82, 2.24) is 9.80 Å². The number of nitrogens with zero attached hydrogens (tertiary/aromatic N) is 2. The van der Waals surface area contributed by atoms with Crippen LogP contribution in [-0.4, -0.2) is 76.7 Å². The van der Waals surface area contributed by atoms with Gasteiger partial charge in [-0.2, -0.15) is 0 Å². The number of rotatable bonds is 5. The number of hydrogen-bond acceptors (Lipinski definition) is 5. The Balaban J connectivity index is 0.000000527. The Morgan fingerprint density at radius 3 is 2.19 bits per heavy atom. The minimum absolute atomic E-state index is 0.0836. The number of piperazine rings is 1. The maximum atomic E-state index is 12.2. The van der Waals surface area contributed by atoms with Crippen molar-refractivity contribution in [3.05, 3.63) is 29.8 Å². The fraction of sp³-hybridized carbons (Fsp3) is 0.526. The van der Waals surface area contributed by atoms with E-state index < -0.39 is 11.9 Å². The number of aryl methyl sites for hydroxylation is 1. The average molecular weight is 380 g/mol. The topological polar surface area (TPSA) is 107 Å². The van der Waals surface area contributed by atoms with Crippen molar-refractivity contribution < 1.29 is 29.3 Å². The molecular weight excluding hydrogens is 352 g/mol. The molecule has 1 aromatic rings. The van der Waals surface area contributed by atoms with E-state index in [0.29, 0.717) is 6.04 Å². The van der Waals surface area contributed by atoms with Gasteiger partial charge in [-0.05, 0) is 38.0 Å². The second kappa shape index (κ2) is 11.2. The minimum Gasteiger partial charge on any atom is -0.484 e. The van der Waals surface area contributed by atoms with Crippen molar-refractivity contribution in [3.63, 3.8) is 0 Å². The molecule has 27 heavy (non-hydrogen) atoms. The van der Waals surface area contributed by atoms with Gasteiger partial charge in [-0.15, -0.1) is 0 Å². The summed E-state index contributed by atoms with van der Waals surface area (Å²) in [5.74, 6) is -2.80. The molecule has 0 radical (unpaired) electrons. The highest BCUT2D eigenvalue weighted by Crippen LogP contribution is 2.13. The molecule has 1 aliphatic rings. The van der Waals surface area contributed by atoms with Crippen LogP contribution in [0.2, 0.25) is 0 Å². The second-order valence-corrected chi connectivity index (χ2v) is 6.39. The van der Waals surface area contributed by atoms with Crippen molar-refractivity contribution in [1.29, 1.82) is 0 Å². The Bertz CT molecular complexity index is 629. The Hall–Kier alpha value is -2.61. The summed E-state index contributed by atoms with van der Waals surface area (Å²) in [7, 11) is 0. The predicted molar refractivity (Wildman–Crippen MR) is 99.9 cm³/mol. The quantitative estimate of drug-likeness (QED) is 0.745. The highest BCUT2D eigenvalue weighted by atomic mass is 16.5. The maximum Gasteiger partial charge on any atom is 0.414 e. The van der Waals surface area contributed by atoms with Crippen LogP contribution in [0.3, 0.4) is 0 Å². The third kappa shape index (κ3) is 8.08. The van der Waals surface area contributed by atoms with E-state index in [0.717, 1.165) is 43.9 Å². The molecule has 0 spiro atoms. The van der Waals surface area contributed by atoms with Gasteiger partial charge in [0.15, 0.2) is 6.61 Å². The third-order valence-electron chi connectivity index (χ3n) is 4.42. The van der Waals surface area contributed by atoms with E-state index in [9.17, 15) is 4.79 Å². The van der Waals surface area contributed by atoms with Gasteiger partial charge in [0, 0.05) is 32.2 Å². The van der Waals surface area contributed by atoms with E-state index in [2.05, 4.69) is 18.7 Å². The fourth-order valence-corrected chi connectivity index (χ4v) is 2.61. The zero-order chi connectivity index (χ0) is 20.4.